The summed E-state index contributed by atoms with van der Waals surface area (Å²) in [6, 6.07) is 6.62. The van der Waals surface area contributed by atoms with Gasteiger partial charge in [0.2, 0.25) is 10.0 Å². The molecule has 1 aromatic carbocycles. The molecule has 3 rings (SSSR count). The molecule has 0 saturated carbocycles. The highest BCUT2D eigenvalue weighted by Crippen LogP contribution is 2.25. The topological polar surface area (TPSA) is 69.7 Å². The lowest BCUT2D eigenvalue weighted by Crippen LogP contribution is -2.44. The lowest BCUT2D eigenvalue weighted by molar-refractivity contribution is 0.0910. The van der Waals surface area contributed by atoms with E-state index in [4.69, 9.17) is 0 Å². The van der Waals surface area contributed by atoms with Crippen LogP contribution in [-0.2, 0) is 10.0 Å². The molecule has 2 heterocycles. The summed E-state index contributed by atoms with van der Waals surface area (Å²) in [5.74, 6) is -0.118. The van der Waals surface area contributed by atoms with E-state index in [1.165, 1.54) is 12.8 Å². The SMILES string of the molecule is CCCCN1CCC(NC(=O)c2ccc(S(=O)(=O)N3CCCCC3C)cc2)CC1. The summed E-state index contributed by atoms with van der Waals surface area (Å²) in [6.07, 6.45) is 7.24. The van der Waals surface area contributed by atoms with E-state index < -0.39 is 10.0 Å². The quantitative estimate of drug-likeness (QED) is 0.734. The van der Waals surface area contributed by atoms with Crippen LogP contribution in [0.1, 0.15) is 69.2 Å². The number of benzene rings is 1. The molecule has 0 spiro atoms. The number of rotatable bonds is 7. The number of unbranched alkanes of at least 4 members (excludes halogenated alkanes) is 1. The normalized spacial score (nSPS) is 22.5. The first kappa shape index (κ1) is 22.2. The lowest BCUT2D eigenvalue weighted by atomic mass is 10.0. The summed E-state index contributed by atoms with van der Waals surface area (Å²) >= 11 is 0. The van der Waals surface area contributed by atoms with Crippen molar-refractivity contribution in [1.82, 2.24) is 14.5 Å². The largest absolute Gasteiger partial charge is 0.349 e. The molecule has 1 N–H and O–H groups in total. The summed E-state index contributed by atoms with van der Waals surface area (Å²) in [6.45, 7) is 7.93. The van der Waals surface area contributed by atoms with Gasteiger partial charge in [0.1, 0.15) is 0 Å². The Labute approximate surface area is 175 Å². The standard InChI is InChI=1S/C22H35N3O3S/c1-3-4-14-24-16-12-20(13-17-24)23-22(26)19-8-10-21(11-9-19)29(27,28)25-15-6-5-7-18(25)2/h8-11,18,20H,3-7,12-17H2,1-2H3,(H,23,26). The van der Waals surface area contributed by atoms with Gasteiger partial charge in [-0.15, -0.1) is 0 Å². The summed E-state index contributed by atoms with van der Waals surface area (Å²) < 4.78 is 27.4. The number of hydrogen-bond acceptors (Lipinski definition) is 4. The smallest absolute Gasteiger partial charge is 0.251 e. The van der Waals surface area contributed by atoms with E-state index in [9.17, 15) is 13.2 Å². The molecule has 7 heteroatoms. The van der Waals surface area contributed by atoms with Crippen LogP contribution in [0.4, 0.5) is 0 Å². The average Bonchev–Trinajstić information content (AvgIpc) is 2.73. The van der Waals surface area contributed by atoms with E-state index in [1.54, 1.807) is 28.6 Å². The van der Waals surface area contributed by atoms with Gasteiger partial charge in [-0.2, -0.15) is 4.31 Å². The molecule has 6 nitrogen and oxygen atoms in total. The van der Waals surface area contributed by atoms with Crippen LogP contribution >= 0.6 is 0 Å². The molecule has 1 amide bonds. The molecular formula is C22H35N3O3S. The van der Waals surface area contributed by atoms with Crippen molar-refractivity contribution < 1.29 is 13.2 Å². The molecule has 2 aliphatic rings. The zero-order valence-electron chi connectivity index (χ0n) is 17.8. The first-order chi connectivity index (χ1) is 13.9. The van der Waals surface area contributed by atoms with E-state index in [0.29, 0.717) is 12.1 Å². The van der Waals surface area contributed by atoms with Gasteiger partial charge < -0.3 is 10.2 Å². The van der Waals surface area contributed by atoms with Crippen molar-refractivity contribution in [3.8, 4) is 0 Å². The van der Waals surface area contributed by atoms with E-state index in [2.05, 4.69) is 17.1 Å². The fraction of sp³-hybridized carbons (Fsp3) is 0.682. The second-order valence-electron chi connectivity index (χ2n) is 8.43. The Kier molecular flexibility index (Phi) is 7.71. The molecule has 1 aromatic rings. The third-order valence-electron chi connectivity index (χ3n) is 6.22. The van der Waals surface area contributed by atoms with Gasteiger partial charge in [-0.1, -0.05) is 19.8 Å². The molecule has 2 saturated heterocycles. The minimum atomic E-state index is -3.50. The van der Waals surface area contributed by atoms with E-state index in [1.807, 2.05) is 6.92 Å². The minimum absolute atomic E-state index is 0.0277. The second-order valence-corrected chi connectivity index (χ2v) is 10.3. The fourth-order valence-corrected chi connectivity index (χ4v) is 5.99. The van der Waals surface area contributed by atoms with Crippen LogP contribution in [0.15, 0.2) is 29.2 Å². The van der Waals surface area contributed by atoms with Gasteiger partial charge in [-0.05, 0) is 69.8 Å². The van der Waals surface area contributed by atoms with Gasteiger partial charge in [0.25, 0.3) is 5.91 Å². The van der Waals surface area contributed by atoms with Crippen molar-refractivity contribution in [2.24, 2.45) is 0 Å². The van der Waals surface area contributed by atoms with Crippen molar-refractivity contribution >= 4 is 15.9 Å². The van der Waals surface area contributed by atoms with Crippen molar-refractivity contribution in [3.05, 3.63) is 29.8 Å². The van der Waals surface area contributed by atoms with Gasteiger partial charge in [-0.3, -0.25) is 4.79 Å². The maximum absolute atomic E-state index is 12.9. The first-order valence-electron chi connectivity index (χ1n) is 11.1. The molecule has 162 valence electrons. The molecule has 1 atom stereocenters. The van der Waals surface area contributed by atoms with Crippen LogP contribution in [0.2, 0.25) is 0 Å². The Morgan fingerprint density at radius 3 is 2.38 bits per heavy atom. The van der Waals surface area contributed by atoms with E-state index in [-0.39, 0.29) is 22.9 Å². The van der Waals surface area contributed by atoms with Crippen LogP contribution in [0.5, 0.6) is 0 Å². The number of hydrogen-bond donors (Lipinski definition) is 1. The van der Waals surface area contributed by atoms with Crippen molar-refractivity contribution in [2.45, 2.75) is 75.8 Å². The maximum Gasteiger partial charge on any atom is 0.251 e. The van der Waals surface area contributed by atoms with Gasteiger partial charge >= 0.3 is 0 Å². The number of amides is 1. The molecule has 0 aliphatic carbocycles. The Hall–Kier alpha value is -1.44. The van der Waals surface area contributed by atoms with Crippen LogP contribution in [0, 0.1) is 0 Å². The Balaban J connectivity index is 1.56. The highest BCUT2D eigenvalue weighted by molar-refractivity contribution is 7.89. The Bertz CT molecular complexity index is 771. The zero-order chi connectivity index (χ0) is 20.9. The molecule has 0 bridgehead atoms. The fourth-order valence-electron chi connectivity index (χ4n) is 4.29. The molecule has 2 aliphatic heterocycles. The molecule has 1 unspecified atom stereocenters. The molecule has 0 aromatic heterocycles. The van der Waals surface area contributed by atoms with E-state index >= 15 is 0 Å². The van der Waals surface area contributed by atoms with Crippen molar-refractivity contribution in [3.63, 3.8) is 0 Å². The summed E-state index contributed by atoms with van der Waals surface area (Å²) in [5, 5.41) is 3.11. The predicted octanol–water partition coefficient (Wildman–Crippen LogP) is 3.24. The van der Waals surface area contributed by atoms with E-state index in [0.717, 1.165) is 51.7 Å². The minimum Gasteiger partial charge on any atom is -0.349 e. The molecule has 2 fully saturated rings. The number of likely N-dealkylation sites (tertiary alicyclic amines) is 1. The molecule has 29 heavy (non-hydrogen) atoms. The van der Waals surface area contributed by atoms with Gasteiger partial charge in [0, 0.05) is 37.3 Å². The number of carbonyl (C=O) groups is 1. The number of nitrogens with one attached hydrogen (secondary N) is 1. The highest BCUT2D eigenvalue weighted by atomic mass is 32.2. The average molecular weight is 422 g/mol. The summed E-state index contributed by atoms with van der Waals surface area (Å²) in [7, 11) is -3.50. The maximum atomic E-state index is 12.9. The number of piperidine rings is 2. The molecular weight excluding hydrogens is 386 g/mol. The number of carbonyl (C=O) groups excluding carboxylic acids is 1. The third kappa shape index (κ3) is 5.58. The van der Waals surface area contributed by atoms with Crippen LogP contribution in [0.25, 0.3) is 0 Å². The van der Waals surface area contributed by atoms with Gasteiger partial charge in [-0.25, -0.2) is 8.42 Å². The number of sulfonamides is 1. The first-order valence-corrected chi connectivity index (χ1v) is 12.5. The van der Waals surface area contributed by atoms with Gasteiger partial charge in [0.05, 0.1) is 4.90 Å². The Morgan fingerprint density at radius 1 is 1.07 bits per heavy atom. The van der Waals surface area contributed by atoms with Crippen LogP contribution in [0.3, 0.4) is 0 Å². The highest BCUT2D eigenvalue weighted by Gasteiger charge is 2.31. The zero-order valence-corrected chi connectivity index (χ0v) is 18.6. The van der Waals surface area contributed by atoms with Gasteiger partial charge in [0.15, 0.2) is 0 Å². The van der Waals surface area contributed by atoms with Crippen LogP contribution in [-0.4, -0.2) is 61.8 Å². The van der Waals surface area contributed by atoms with Crippen molar-refractivity contribution in [1.29, 1.82) is 0 Å². The lowest BCUT2D eigenvalue weighted by Gasteiger charge is -2.32. The summed E-state index contributed by atoms with van der Waals surface area (Å²) in [5.41, 5.74) is 0.518. The van der Waals surface area contributed by atoms with Crippen LogP contribution < -0.4 is 5.32 Å². The summed E-state index contributed by atoms with van der Waals surface area (Å²) in [4.78, 5) is 15.3. The predicted molar refractivity (Wildman–Crippen MR) is 115 cm³/mol. The second kappa shape index (κ2) is 10.0. The molecule has 0 radical (unpaired) electrons. The monoisotopic (exact) mass is 421 g/mol. The van der Waals surface area contributed by atoms with Crippen molar-refractivity contribution in [2.75, 3.05) is 26.2 Å². The number of nitrogens with zero attached hydrogens (tertiary/aromatic N) is 2. The Morgan fingerprint density at radius 2 is 1.76 bits per heavy atom. The third-order valence-corrected chi connectivity index (χ3v) is 8.24.